The molecule has 1 aromatic carbocycles. The maximum absolute atomic E-state index is 5.38. The van der Waals surface area contributed by atoms with Gasteiger partial charge in [-0.25, -0.2) is 0 Å². The summed E-state index contributed by atoms with van der Waals surface area (Å²) < 4.78 is 15.9. The molecule has 0 saturated heterocycles. The van der Waals surface area contributed by atoms with Gasteiger partial charge in [0.2, 0.25) is 0 Å². The number of ether oxygens (including phenoxy) is 3. The van der Waals surface area contributed by atoms with E-state index in [-0.39, 0.29) is 0 Å². The van der Waals surface area contributed by atoms with Crippen molar-refractivity contribution in [1.29, 1.82) is 0 Å². The van der Waals surface area contributed by atoms with Crippen LogP contribution in [0.1, 0.15) is 25.8 Å². The Bertz CT molecular complexity index is 380. The fourth-order valence-electron chi connectivity index (χ4n) is 1.66. The standard InChI is InChI=1S/C14H23NO3/c1-6-10(2)15-9-11-7-13(17-4)14(18-5)8-12(11)16-3/h7-8,10,15H,6,9H2,1-5H3/t10-/m0/s1. The molecule has 0 amide bonds. The summed E-state index contributed by atoms with van der Waals surface area (Å²) in [5.41, 5.74) is 1.07. The molecule has 1 rings (SSSR count). The molecule has 0 unspecified atom stereocenters. The summed E-state index contributed by atoms with van der Waals surface area (Å²) in [5, 5.41) is 3.44. The molecule has 102 valence electrons. The first-order chi connectivity index (χ1) is 8.65. The van der Waals surface area contributed by atoms with Crippen molar-refractivity contribution in [2.24, 2.45) is 0 Å². The van der Waals surface area contributed by atoms with Crippen molar-refractivity contribution >= 4 is 0 Å². The van der Waals surface area contributed by atoms with E-state index in [1.165, 1.54) is 0 Å². The minimum absolute atomic E-state index is 0.475. The van der Waals surface area contributed by atoms with Gasteiger partial charge >= 0.3 is 0 Å². The van der Waals surface area contributed by atoms with Crippen molar-refractivity contribution in [3.63, 3.8) is 0 Å². The zero-order valence-corrected chi connectivity index (χ0v) is 11.9. The van der Waals surface area contributed by atoms with Crippen LogP contribution < -0.4 is 19.5 Å². The van der Waals surface area contributed by atoms with Crippen molar-refractivity contribution < 1.29 is 14.2 Å². The topological polar surface area (TPSA) is 39.7 Å². The third-order valence-electron chi connectivity index (χ3n) is 3.04. The van der Waals surface area contributed by atoms with Crippen LogP contribution in [0.25, 0.3) is 0 Å². The second-order valence-corrected chi connectivity index (χ2v) is 4.21. The fraction of sp³-hybridized carbons (Fsp3) is 0.571. The highest BCUT2D eigenvalue weighted by Crippen LogP contribution is 2.34. The maximum Gasteiger partial charge on any atom is 0.164 e. The Labute approximate surface area is 109 Å². The zero-order chi connectivity index (χ0) is 13.5. The average Bonchev–Trinajstić information content (AvgIpc) is 2.43. The summed E-state index contributed by atoms with van der Waals surface area (Å²) in [4.78, 5) is 0. The molecule has 0 spiro atoms. The van der Waals surface area contributed by atoms with E-state index < -0.39 is 0 Å². The van der Waals surface area contributed by atoms with Gasteiger partial charge in [0.15, 0.2) is 11.5 Å². The van der Waals surface area contributed by atoms with E-state index in [4.69, 9.17) is 14.2 Å². The second kappa shape index (κ2) is 7.11. The van der Waals surface area contributed by atoms with Gasteiger partial charge in [0.1, 0.15) is 5.75 Å². The Morgan fingerprint density at radius 1 is 1.00 bits per heavy atom. The Balaban J connectivity index is 2.94. The number of hydrogen-bond acceptors (Lipinski definition) is 4. The SMILES string of the molecule is CC[C@H](C)NCc1cc(OC)c(OC)cc1OC. The number of methoxy groups -OCH3 is 3. The molecular formula is C14H23NO3. The van der Waals surface area contributed by atoms with Gasteiger partial charge < -0.3 is 19.5 Å². The summed E-state index contributed by atoms with van der Waals surface area (Å²) in [6.07, 6.45) is 1.09. The lowest BCUT2D eigenvalue weighted by atomic mass is 10.1. The largest absolute Gasteiger partial charge is 0.496 e. The number of nitrogens with one attached hydrogen (secondary N) is 1. The van der Waals surface area contributed by atoms with Gasteiger partial charge in [0.25, 0.3) is 0 Å². The van der Waals surface area contributed by atoms with Crippen molar-refractivity contribution in [3.8, 4) is 17.2 Å². The van der Waals surface area contributed by atoms with Crippen LogP contribution in [0.2, 0.25) is 0 Å². The smallest absolute Gasteiger partial charge is 0.164 e. The average molecular weight is 253 g/mol. The summed E-state index contributed by atoms with van der Waals surface area (Å²) in [5.74, 6) is 2.21. The summed E-state index contributed by atoms with van der Waals surface area (Å²) >= 11 is 0. The molecule has 0 bridgehead atoms. The molecule has 0 aliphatic carbocycles. The molecule has 0 aromatic heterocycles. The maximum atomic E-state index is 5.38. The Morgan fingerprint density at radius 2 is 1.56 bits per heavy atom. The van der Waals surface area contributed by atoms with Crippen molar-refractivity contribution in [3.05, 3.63) is 17.7 Å². The van der Waals surface area contributed by atoms with Gasteiger partial charge in [0.05, 0.1) is 21.3 Å². The van der Waals surface area contributed by atoms with Crippen LogP contribution >= 0.6 is 0 Å². The van der Waals surface area contributed by atoms with E-state index in [1.807, 2.05) is 12.1 Å². The fourth-order valence-corrected chi connectivity index (χ4v) is 1.66. The van der Waals surface area contributed by atoms with Crippen LogP contribution in [0.3, 0.4) is 0 Å². The monoisotopic (exact) mass is 253 g/mol. The molecule has 0 radical (unpaired) electrons. The molecule has 1 N–H and O–H groups in total. The number of benzene rings is 1. The first kappa shape index (κ1) is 14.6. The van der Waals surface area contributed by atoms with E-state index in [0.29, 0.717) is 11.8 Å². The van der Waals surface area contributed by atoms with Crippen LogP contribution in [0, 0.1) is 0 Å². The van der Waals surface area contributed by atoms with Crippen molar-refractivity contribution in [2.45, 2.75) is 32.9 Å². The van der Waals surface area contributed by atoms with Crippen molar-refractivity contribution in [1.82, 2.24) is 5.32 Å². The van der Waals surface area contributed by atoms with Crippen LogP contribution in [-0.4, -0.2) is 27.4 Å². The van der Waals surface area contributed by atoms with Gasteiger partial charge in [-0.15, -0.1) is 0 Å². The van der Waals surface area contributed by atoms with E-state index in [1.54, 1.807) is 21.3 Å². The molecule has 4 nitrogen and oxygen atoms in total. The summed E-state index contributed by atoms with van der Waals surface area (Å²) in [7, 11) is 4.92. The summed E-state index contributed by atoms with van der Waals surface area (Å²) in [6.45, 7) is 5.06. The zero-order valence-electron chi connectivity index (χ0n) is 11.9. The van der Waals surface area contributed by atoms with Gasteiger partial charge in [-0.2, -0.15) is 0 Å². The van der Waals surface area contributed by atoms with E-state index in [2.05, 4.69) is 19.2 Å². The minimum Gasteiger partial charge on any atom is -0.496 e. The molecule has 0 heterocycles. The normalized spacial score (nSPS) is 12.1. The lowest BCUT2D eigenvalue weighted by Crippen LogP contribution is -2.24. The van der Waals surface area contributed by atoms with E-state index >= 15 is 0 Å². The molecule has 4 heteroatoms. The molecule has 1 atom stereocenters. The van der Waals surface area contributed by atoms with Gasteiger partial charge in [-0.1, -0.05) is 6.92 Å². The molecule has 0 aliphatic heterocycles. The molecule has 0 fully saturated rings. The first-order valence-electron chi connectivity index (χ1n) is 6.18. The minimum atomic E-state index is 0.475. The van der Waals surface area contributed by atoms with Crippen LogP contribution in [0.15, 0.2) is 12.1 Å². The number of rotatable bonds is 7. The van der Waals surface area contributed by atoms with Gasteiger partial charge in [-0.3, -0.25) is 0 Å². The van der Waals surface area contributed by atoms with Gasteiger partial charge in [-0.05, 0) is 19.4 Å². The lowest BCUT2D eigenvalue weighted by molar-refractivity contribution is 0.346. The number of hydrogen-bond donors (Lipinski definition) is 1. The quantitative estimate of drug-likeness (QED) is 0.811. The van der Waals surface area contributed by atoms with Crippen LogP contribution in [0.5, 0.6) is 17.2 Å². The van der Waals surface area contributed by atoms with E-state index in [9.17, 15) is 0 Å². The highest BCUT2D eigenvalue weighted by Gasteiger charge is 2.12. The first-order valence-corrected chi connectivity index (χ1v) is 6.18. The lowest BCUT2D eigenvalue weighted by Gasteiger charge is -2.16. The highest BCUT2D eigenvalue weighted by molar-refractivity contribution is 5.50. The molecule has 0 saturated carbocycles. The highest BCUT2D eigenvalue weighted by atomic mass is 16.5. The second-order valence-electron chi connectivity index (χ2n) is 4.21. The van der Waals surface area contributed by atoms with E-state index in [0.717, 1.165) is 30.0 Å². The third kappa shape index (κ3) is 3.53. The predicted molar refractivity (Wildman–Crippen MR) is 72.7 cm³/mol. The Hall–Kier alpha value is -1.42. The molecule has 0 aliphatic rings. The van der Waals surface area contributed by atoms with Crippen LogP contribution in [0.4, 0.5) is 0 Å². The summed E-state index contributed by atoms with van der Waals surface area (Å²) in [6, 6.07) is 4.28. The van der Waals surface area contributed by atoms with Crippen LogP contribution in [-0.2, 0) is 6.54 Å². The van der Waals surface area contributed by atoms with Crippen molar-refractivity contribution in [2.75, 3.05) is 21.3 Å². The Morgan fingerprint density at radius 3 is 2.06 bits per heavy atom. The molecule has 1 aromatic rings. The van der Waals surface area contributed by atoms with Gasteiger partial charge in [0, 0.05) is 24.2 Å². The third-order valence-corrected chi connectivity index (χ3v) is 3.04. The predicted octanol–water partition coefficient (Wildman–Crippen LogP) is 2.60. The molecule has 18 heavy (non-hydrogen) atoms. The Kier molecular flexibility index (Phi) is 5.78. The molecular weight excluding hydrogens is 230 g/mol.